The lowest BCUT2D eigenvalue weighted by Gasteiger charge is -2.23. The Morgan fingerprint density at radius 1 is 1.07 bits per heavy atom. The van der Waals surface area contributed by atoms with Crippen molar-refractivity contribution in [3.63, 3.8) is 0 Å². The molecule has 2 aromatic heterocycles. The molecule has 1 aliphatic rings. The van der Waals surface area contributed by atoms with Gasteiger partial charge in [0.1, 0.15) is 17.1 Å². The van der Waals surface area contributed by atoms with E-state index in [9.17, 15) is 18.0 Å². The van der Waals surface area contributed by atoms with Crippen LogP contribution in [0.15, 0.2) is 66.9 Å². The first-order valence-corrected chi connectivity index (χ1v) is 13.7. The van der Waals surface area contributed by atoms with Gasteiger partial charge in [-0.05, 0) is 67.4 Å². The number of nitrogens with one attached hydrogen (secondary N) is 2. The van der Waals surface area contributed by atoms with Gasteiger partial charge in [-0.2, -0.15) is 0 Å². The number of benzene rings is 2. The molecule has 0 saturated carbocycles. The number of hydrogen-bond donors (Lipinski definition) is 2. The van der Waals surface area contributed by atoms with Gasteiger partial charge in [-0.15, -0.1) is 13.2 Å². The molecule has 4 aromatic rings. The Bertz CT molecular complexity index is 1450. The summed E-state index contributed by atoms with van der Waals surface area (Å²) in [5.74, 6) is 0.295. The van der Waals surface area contributed by atoms with Crippen LogP contribution < -0.4 is 20.3 Å². The summed E-state index contributed by atoms with van der Waals surface area (Å²) in [6, 6.07) is 17.5. The number of anilines is 1. The summed E-state index contributed by atoms with van der Waals surface area (Å²) in [6.45, 7) is 6.32. The number of ether oxygens (including phenoxy) is 1. The monoisotopic (exact) mass is 566 g/mol. The molecule has 1 amide bonds. The summed E-state index contributed by atoms with van der Waals surface area (Å²) in [6.07, 6.45) is -1.36. The number of nitrogens with zero attached hydrogens (tertiary/aromatic N) is 4. The zero-order chi connectivity index (χ0) is 28.8. The molecule has 1 atom stereocenters. The van der Waals surface area contributed by atoms with Crippen molar-refractivity contribution in [3.8, 4) is 5.75 Å². The molecule has 0 unspecified atom stereocenters. The van der Waals surface area contributed by atoms with Crippen LogP contribution in [0.2, 0.25) is 0 Å². The number of carbonyl (C=O) groups excluding carboxylic acids is 1. The second kappa shape index (κ2) is 12.6. The van der Waals surface area contributed by atoms with Crippen molar-refractivity contribution in [3.05, 3.63) is 83.8 Å². The molecular weight excluding hydrogens is 533 g/mol. The Balaban J connectivity index is 1.22. The van der Waals surface area contributed by atoms with E-state index in [1.807, 2.05) is 17.6 Å². The van der Waals surface area contributed by atoms with Gasteiger partial charge in [0.05, 0.1) is 12.6 Å². The van der Waals surface area contributed by atoms with Gasteiger partial charge in [0.2, 0.25) is 5.91 Å². The molecular formula is C30H33F3N6O2. The van der Waals surface area contributed by atoms with Gasteiger partial charge in [0.25, 0.3) is 0 Å². The third-order valence-electron chi connectivity index (χ3n) is 7.13. The Hall–Kier alpha value is -4.12. The fourth-order valence-corrected chi connectivity index (χ4v) is 5.04. The molecule has 8 nitrogen and oxygen atoms in total. The fraction of sp³-hybridized carbons (Fsp3) is 0.367. The summed E-state index contributed by atoms with van der Waals surface area (Å²) in [5.41, 5.74) is 4.31. The smallest absolute Gasteiger partial charge is 0.406 e. The minimum atomic E-state index is -4.74. The minimum absolute atomic E-state index is 0.0969. The zero-order valence-corrected chi connectivity index (χ0v) is 22.8. The number of pyridine rings is 1. The average molecular weight is 567 g/mol. The summed E-state index contributed by atoms with van der Waals surface area (Å²) in [4.78, 5) is 24.4. The average Bonchev–Trinajstić information content (AvgIpc) is 3.10. The lowest BCUT2D eigenvalue weighted by atomic mass is 10.1. The summed E-state index contributed by atoms with van der Waals surface area (Å²) >= 11 is 0. The molecule has 0 radical (unpaired) electrons. The molecule has 3 heterocycles. The molecule has 0 bridgehead atoms. The molecule has 2 aromatic carbocycles. The quantitative estimate of drug-likeness (QED) is 0.297. The predicted octanol–water partition coefficient (Wildman–Crippen LogP) is 4.99. The topological polar surface area (TPSA) is 84.3 Å². The molecule has 0 aliphatic carbocycles. The third-order valence-corrected chi connectivity index (χ3v) is 7.13. The van der Waals surface area contributed by atoms with Gasteiger partial charge >= 0.3 is 6.36 Å². The maximum atomic E-state index is 12.9. The number of fused-ring (bicyclic) bond motifs is 1. The maximum Gasteiger partial charge on any atom is 0.573 e. The maximum absolute atomic E-state index is 12.9. The number of halogens is 3. The van der Waals surface area contributed by atoms with Crippen molar-refractivity contribution >= 4 is 22.8 Å². The van der Waals surface area contributed by atoms with Crippen LogP contribution in [-0.4, -0.2) is 53.0 Å². The van der Waals surface area contributed by atoms with Gasteiger partial charge in [0, 0.05) is 44.4 Å². The van der Waals surface area contributed by atoms with E-state index in [1.54, 1.807) is 24.4 Å². The number of alkyl halides is 3. The molecule has 41 heavy (non-hydrogen) atoms. The molecule has 1 aliphatic heterocycles. The largest absolute Gasteiger partial charge is 0.573 e. The Labute approximate surface area is 236 Å². The first-order chi connectivity index (χ1) is 19.7. The molecule has 216 valence electrons. The van der Waals surface area contributed by atoms with E-state index in [-0.39, 0.29) is 24.1 Å². The normalized spacial score (nSPS) is 15.0. The molecule has 11 heteroatoms. The highest BCUT2D eigenvalue weighted by molar-refractivity contribution is 5.77. The number of aromatic nitrogens is 3. The van der Waals surface area contributed by atoms with Crippen LogP contribution >= 0.6 is 0 Å². The van der Waals surface area contributed by atoms with Crippen molar-refractivity contribution in [1.29, 1.82) is 0 Å². The SMILES string of the molecule is C[C@H](NC(=O)CCc1nc2cccnc2n1Cc1ccc(OC(F)(F)F)cc1)c1ccc(N2CCCNCC2)cc1. The molecule has 2 N–H and O–H groups in total. The van der Waals surface area contributed by atoms with Crippen LogP contribution in [0.4, 0.5) is 18.9 Å². The van der Waals surface area contributed by atoms with Crippen molar-refractivity contribution in [2.45, 2.75) is 45.1 Å². The summed E-state index contributed by atoms with van der Waals surface area (Å²) in [5, 5.41) is 6.50. The van der Waals surface area contributed by atoms with Crippen LogP contribution in [-0.2, 0) is 17.8 Å². The summed E-state index contributed by atoms with van der Waals surface area (Å²) < 4.78 is 43.4. The van der Waals surface area contributed by atoms with Gasteiger partial charge in [-0.3, -0.25) is 4.79 Å². The second-order valence-electron chi connectivity index (χ2n) is 10.1. The third kappa shape index (κ3) is 7.55. The van der Waals surface area contributed by atoms with E-state index in [0.717, 1.165) is 43.7 Å². The fourth-order valence-electron chi connectivity index (χ4n) is 5.04. The van der Waals surface area contributed by atoms with Crippen LogP contribution in [0, 0.1) is 0 Å². The van der Waals surface area contributed by atoms with Crippen LogP contribution in [0.3, 0.4) is 0 Å². The number of rotatable bonds is 9. The standard InChI is InChI=1S/C30H33F3N6O2/c1-21(23-7-9-24(10-8-23)38-18-3-15-34-17-19-38)36-28(40)14-13-27-37-26-4-2-16-35-29(26)39(27)20-22-5-11-25(12-6-22)41-30(31,32)33/h2,4-12,16,21,34H,3,13-15,17-20H2,1H3,(H,36,40)/t21-/m0/s1. The predicted molar refractivity (Wildman–Crippen MR) is 151 cm³/mol. The zero-order valence-electron chi connectivity index (χ0n) is 22.8. The second-order valence-corrected chi connectivity index (χ2v) is 10.1. The van der Waals surface area contributed by atoms with E-state index in [0.29, 0.717) is 30.0 Å². The number of imidazole rings is 1. The molecule has 1 fully saturated rings. The van der Waals surface area contributed by atoms with E-state index in [4.69, 9.17) is 0 Å². The molecule has 5 rings (SSSR count). The highest BCUT2D eigenvalue weighted by Crippen LogP contribution is 2.24. The van der Waals surface area contributed by atoms with Crippen LogP contribution in [0.5, 0.6) is 5.75 Å². The van der Waals surface area contributed by atoms with E-state index in [1.165, 1.54) is 17.8 Å². The Morgan fingerprint density at radius 2 is 1.85 bits per heavy atom. The Morgan fingerprint density at radius 3 is 2.61 bits per heavy atom. The number of aryl methyl sites for hydroxylation is 1. The van der Waals surface area contributed by atoms with Crippen LogP contribution in [0.1, 0.15) is 42.8 Å². The van der Waals surface area contributed by atoms with Crippen LogP contribution in [0.25, 0.3) is 11.2 Å². The number of hydrogen-bond acceptors (Lipinski definition) is 6. The first-order valence-electron chi connectivity index (χ1n) is 13.7. The van der Waals surface area contributed by atoms with E-state index < -0.39 is 6.36 Å². The highest BCUT2D eigenvalue weighted by atomic mass is 19.4. The van der Waals surface area contributed by atoms with Gasteiger partial charge < -0.3 is 24.8 Å². The Kier molecular flexibility index (Phi) is 8.72. The van der Waals surface area contributed by atoms with Crippen molar-refractivity contribution < 1.29 is 22.7 Å². The van der Waals surface area contributed by atoms with Gasteiger partial charge in [-0.1, -0.05) is 24.3 Å². The van der Waals surface area contributed by atoms with E-state index >= 15 is 0 Å². The first kappa shape index (κ1) is 28.4. The van der Waals surface area contributed by atoms with Crippen molar-refractivity contribution in [1.82, 2.24) is 25.2 Å². The lowest BCUT2D eigenvalue weighted by molar-refractivity contribution is -0.274. The molecule has 1 saturated heterocycles. The van der Waals surface area contributed by atoms with Crippen molar-refractivity contribution in [2.24, 2.45) is 0 Å². The van der Waals surface area contributed by atoms with Crippen molar-refractivity contribution in [2.75, 3.05) is 31.1 Å². The highest BCUT2D eigenvalue weighted by Gasteiger charge is 2.31. The van der Waals surface area contributed by atoms with Gasteiger partial charge in [-0.25, -0.2) is 9.97 Å². The minimum Gasteiger partial charge on any atom is -0.406 e. The number of amides is 1. The lowest BCUT2D eigenvalue weighted by Crippen LogP contribution is -2.28. The van der Waals surface area contributed by atoms with Gasteiger partial charge in [0.15, 0.2) is 5.65 Å². The molecule has 0 spiro atoms. The van der Waals surface area contributed by atoms with E-state index in [2.05, 4.69) is 54.5 Å². The summed E-state index contributed by atoms with van der Waals surface area (Å²) in [7, 11) is 0. The number of carbonyl (C=O) groups is 1.